The topological polar surface area (TPSA) is 29.1 Å². The zero-order valence-electron chi connectivity index (χ0n) is 15.4. The molecule has 0 aliphatic rings. The maximum atomic E-state index is 12.5. The van der Waals surface area contributed by atoms with E-state index in [0.717, 1.165) is 16.8 Å². The molecule has 1 unspecified atom stereocenters. The van der Waals surface area contributed by atoms with Crippen molar-refractivity contribution in [3.05, 3.63) is 100 Å². The van der Waals surface area contributed by atoms with Crippen molar-refractivity contribution in [2.24, 2.45) is 0 Å². The molecule has 0 saturated heterocycles. The van der Waals surface area contributed by atoms with Crippen LogP contribution in [0.5, 0.6) is 0 Å². The van der Waals surface area contributed by atoms with Crippen molar-refractivity contribution < 1.29 is 4.79 Å². The monoisotopic (exact) mass is 395 g/mol. The maximum absolute atomic E-state index is 12.5. The maximum Gasteiger partial charge on any atom is 0.234 e. The minimum absolute atomic E-state index is 0.00171. The molecule has 0 aliphatic heterocycles. The van der Waals surface area contributed by atoms with Gasteiger partial charge in [0.1, 0.15) is 0 Å². The van der Waals surface area contributed by atoms with Gasteiger partial charge in [-0.15, -0.1) is 11.8 Å². The molecule has 0 aromatic heterocycles. The Morgan fingerprint density at radius 2 is 1.63 bits per heavy atom. The lowest BCUT2D eigenvalue weighted by Crippen LogP contribution is -2.16. The normalized spacial score (nSPS) is 11.8. The van der Waals surface area contributed by atoms with Gasteiger partial charge in [0.05, 0.1) is 11.0 Å². The summed E-state index contributed by atoms with van der Waals surface area (Å²) in [5.74, 6) is 0.372. The largest absolute Gasteiger partial charge is 0.325 e. The second kappa shape index (κ2) is 9.12. The summed E-state index contributed by atoms with van der Waals surface area (Å²) in [4.78, 5) is 12.5. The van der Waals surface area contributed by atoms with Gasteiger partial charge in [0.2, 0.25) is 5.91 Å². The van der Waals surface area contributed by atoms with Crippen LogP contribution in [0.1, 0.15) is 27.5 Å². The molecule has 3 aromatic carbocycles. The molecular formula is C23H22ClNOS. The third kappa shape index (κ3) is 5.38. The summed E-state index contributed by atoms with van der Waals surface area (Å²) >= 11 is 7.65. The Balaban J connectivity index is 1.72. The second-order valence-corrected chi connectivity index (χ2v) is 8.05. The quantitative estimate of drug-likeness (QED) is 0.521. The van der Waals surface area contributed by atoms with Gasteiger partial charge in [-0.25, -0.2) is 0 Å². The summed E-state index contributed by atoms with van der Waals surface area (Å²) in [7, 11) is 0. The summed E-state index contributed by atoms with van der Waals surface area (Å²) in [6, 6.07) is 24.1. The highest BCUT2D eigenvalue weighted by Gasteiger charge is 2.17. The SMILES string of the molecule is Cc1ccc(NC(=O)CSC(c2ccccc2)c2ccc(Cl)cc2)c(C)c1. The van der Waals surface area contributed by atoms with Crippen LogP contribution in [-0.4, -0.2) is 11.7 Å². The highest BCUT2D eigenvalue weighted by atomic mass is 35.5. The highest BCUT2D eigenvalue weighted by Crippen LogP contribution is 2.36. The van der Waals surface area contributed by atoms with Crippen LogP contribution in [0.15, 0.2) is 72.8 Å². The molecular weight excluding hydrogens is 374 g/mol. The number of carbonyl (C=O) groups is 1. The number of halogens is 1. The standard InChI is InChI=1S/C23H22ClNOS/c1-16-8-13-21(17(2)14-16)25-22(26)15-27-23(18-6-4-3-5-7-18)19-9-11-20(24)12-10-19/h3-14,23H,15H2,1-2H3,(H,25,26). The number of anilines is 1. The lowest BCUT2D eigenvalue weighted by Gasteiger charge is -2.18. The molecule has 138 valence electrons. The Kier molecular flexibility index (Phi) is 6.59. The Hall–Kier alpha value is -2.23. The fraction of sp³-hybridized carbons (Fsp3) is 0.174. The average Bonchev–Trinajstić information content (AvgIpc) is 2.66. The van der Waals surface area contributed by atoms with Gasteiger partial charge in [0, 0.05) is 10.7 Å². The molecule has 0 bridgehead atoms. The smallest absolute Gasteiger partial charge is 0.234 e. The molecule has 3 aromatic rings. The van der Waals surface area contributed by atoms with Gasteiger partial charge in [-0.3, -0.25) is 4.79 Å². The molecule has 3 rings (SSSR count). The van der Waals surface area contributed by atoms with E-state index in [0.29, 0.717) is 10.8 Å². The van der Waals surface area contributed by atoms with Crippen molar-refractivity contribution in [3.8, 4) is 0 Å². The number of aryl methyl sites for hydroxylation is 2. The number of nitrogens with one attached hydrogen (secondary N) is 1. The van der Waals surface area contributed by atoms with Gasteiger partial charge in [0.25, 0.3) is 0 Å². The predicted molar refractivity (Wildman–Crippen MR) is 117 cm³/mol. The van der Waals surface area contributed by atoms with E-state index in [-0.39, 0.29) is 11.2 Å². The number of amides is 1. The first kappa shape index (κ1) is 19.5. The van der Waals surface area contributed by atoms with Crippen LogP contribution in [-0.2, 0) is 4.79 Å². The van der Waals surface area contributed by atoms with Crippen molar-refractivity contribution in [2.75, 3.05) is 11.1 Å². The van der Waals surface area contributed by atoms with E-state index in [1.165, 1.54) is 11.1 Å². The number of rotatable bonds is 6. The molecule has 2 nitrogen and oxygen atoms in total. The van der Waals surface area contributed by atoms with Crippen molar-refractivity contribution in [3.63, 3.8) is 0 Å². The van der Waals surface area contributed by atoms with Gasteiger partial charge >= 0.3 is 0 Å². The van der Waals surface area contributed by atoms with E-state index in [9.17, 15) is 4.79 Å². The lowest BCUT2D eigenvalue weighted by atomic mass is 10.0. The van der Waals surface area contributed by atoms with Crippen molar-refractivity contribution in [1.29, 1.82) is 0 Å². The van der Waals surface area contributed by atoms with Gasteiger partial charge in [0.15, 0.2) is 0 Å². The summed E-state index contributed by atoms with van der Waals surface area (Å²) in [6.07, 6.45) is 0. The Morgan fingerprint density at radius 3 is 2.30 bits per heavy atom. The predicted octanol–water partition coefficient (Wildman–Crippen LogP) is 6.42. The first-order valence-corrected chi connectivity index (χ1v) is 10.2. The molecule has 1 amide bonds. The second-order valence-electron chi connectivity index (χ2n) is 6.52. The van der Waals surface area contributed by atoms with Crippen LogP contribution in [0.3, 0.4) is 0 Å². The lowest BCUT2D eigenvalue weighted by molar-refractivity contribution is -0.113. The number of hydrogen-bond acceptors (Lipinski definition) is 2. The molecule has 0 heterocycles. The Bertz CT molecular complexity index is 909. The highest BCUT2D eigenvalue weighted by molar-refractivity contribution is 8.00. The number of hydrogen-bond donors (Lipinski definition) is 1. The van der Waals surface area contributed by atoms with Crippen LogP contribution in [0.2, 0.25) is 5.02 Å². The number of benzene rings is 3. The summed E-state index contributed by atoms with van der Waals surface area (Å²) in [5, 5.41) is 3.81. The van der Waals surface area contributed by atoms with Crippen LogP contribution in [0.25, 0.3) is 0 Å². The molecule has 0 fully saturated rings. The molecule has 0 radical (unpaired) electrons. The molecule has 1 N–H and O–H groups in total. The Morgan fingerprint density at radius 1 is 0.963 bits per heavy atom. The van der Waals surface area contributed by atoms with Crippen LogP contribution in [0, 0.1) is 13.8 Å². The van der Waals surface area contributed by atoms with Crippen LogP contribution in [0.4, 0.5) is 5.69 Å². The molecule has 0 saturated carbocycles. The minimum Gasteiger partial charge on any atom is -0.325 e. The van der Waals surface area contributed by atoms with Crippen molar-refractivity contribution >= 4 is 35.0 Å². The third-order valence-corrected chi connectivity index (χ3v) is 5.87. The third-order valence-electron chi connectivity index (χ3n) is 4.31. The molecule has 0 aliphatic carbocycles. The number of thioether (sulfide) groups is 1. The fourth-order valence-corrected chi connectivity index (χ4v) is 4.16. The van der Waals surface area contributed by atoms with Gasteiger partial charge in [-0.05, 0) is 48.7 Å². The summed E-state index contributed by atoms with van der Waals surface area (Å²) < 4.78 is 0. The molecule has 4 heteroatoms. The van der Waals surface area contributed by atoms with Gasteiger partial charge < -0.3 is 5.32 Å². The van der Waals surface area contributed by atoms with Crippen molar-refractivity contribution in [1.82, 2.24) is 0 Å². The first-order chi connectivity index (χ1) is 13.0. The van der Waals surface area contributed by atoms with Crippen molar-refractivity contribution in [2.45, 2.75) is 19.1 Å². The average molecular weight is 396 g/mol. The molecule has 1 atom stereocenters. The fourth-order valence-electron chi connectivity index (χ4n) is 2.95. The van der Waals surface area contributed by atoms with E-state index in [1.54, 1.807) is 11.8 Å². The minimum atomic E-state index is 0.00171. The number of carbonyl (C=O) groups excluding carboxylic acids is 1. The van der Waals surface area contributed by atoms with E-state index in [2.05, 4.69) is 23.5 Å². The van der Waals surface area contributed by atoms with Crippen LogP contribution < -0.4 is 5.32 Å². The van der Waals surface area contributed by atoms with E-state index < -0.39 is 0 Å². The summed E-state index contributed by atoms with van der Waals surface area (Å²) in [6.45, 7) is 4.06. The Labute approximate surface area is 170 Å². The molecule has 0 spiro atoms. The molecule has 27 heavy (non-hydrogen) atoms. The van der Waals surface area contributed by atoms with Gasteiger partial charge in [-0.1, -0.05) is 71.8 Å². The van der Waals surface area contributed by atoms with E-state index in [1.807, 2.05) is 68.4 Å². The van der Waals surface area contributed by atoms with E-state index >= 15 is 0 Å². The first-order valence-electron chi connectivity index (χ1n) is 8.82. The van der Waals surface area contributed by atoms with Gasteiger partial charge in [-0.2, -0.15) is 0 Å². The van der Waals surface area contributed by atoms with Crippen LogP contribution >= 0.6 is 23.4 Å². The summed E-state index contributed by atoms with van der Waals surface area (Å²) in [5.41, 5.74) is 5.44. The van der Waals surface area contributed by atoms with E-state index in [4.69, 9.17) is 11.6 Å². The zero-order chi connectivity index (χ0) is 19.2. The zero-order valence-corrected chi connectivity index (χ0v) is 17.0.